The fourth-order valence-corrected chi connectivity index (χ4v) is 2.17. The largest absolute Gasteiger partial charge is 0.334 e. The first-order chi connectivity index (χ1) is 9.79. The summed E-state index contributed by atoms with van der Waals surface area (Å²) in [6.07, 6.45) is 1.49. The van der Waals surface area contributed by atoms with Crippen molar-refractivity contribution in [1.82, 2.24) is 10.1 Å². The molecule has 0 aliphatic heterocycles. The Kier molecular flexibility index (Phi) is 3.43. The SMILES string of the molecule is NCCCc1noc(-c2ccc(F)c3ccccc23)n1. The maximum absolute atomic E-state index is 13.8. The average molecular weight is 271 g/mol. The van der Waals surface area contributed by atoms with Crippen LogP contribution in [-0.2, 0) is 6.42 Å². The van der Waals surface area contributed by atoms with E-state index < -0.39 is 0 Å². The Labute approximate surface area is 115 Å². The second-order valence-electron chi connectivity index (χ2n) is 4.55. The molecule has 0 aliphatic carbocycles. The van der Waals surface area contributed by atoms with Crippen LogP contribution >= 0.6 is 0 Å². The molecule has 20 heavy (non-hydrogen) atoms. The fourth-order valence-electron chi connectivity index (χ4n) is 2.17. The number of aromatic nitrogens is 2. The molecule has 0 unspecified atom stereocenters. The minimum absolute atomic E-state index is 0.257. The first-order valence-electron chi connectivity index (χ1n) is 6.50. The van der Waals surface area contributed by atoms with E-state index in [1.54, 1.807) is 18.2 Å². The highest BCUT2D eigenvalue weighted by Crippen LogP contribution is 2.29. The molecule has 0 saturated heterocycles. The Balaban J connectivity index is 2.06. The quantitative estimate of drug-likeness (QED) is 0.792. The van der Waals surface area contributed by atoms with Gasteiger partial charge in [-0.3, -0.25) is 0 Å². The van der Waals surface area contributed by atoms with E-state index in [9.17, 15) is 4.39 Å². The van der Waals surface area contributed by atoms with E-state index in [0.29, 0.717) is 30.1 Å². The highest BCUT2D eigenvalue weighted by molar-refractivity contribution is 5.95. The van der Waals surface area contributed by atoms with Crippen LogP contribution in [0, 0.1) is 5.82 Å². The third-order valence-corrected chi connectivity index (χ3v) is 3.17. The van der Waals surface area contributed by atoms with E-state index in [2.05, 4.69) is 10.1 Å². The number of rotatable bonds is 4. The van der Waals surface area contributed by atoms with Crippen molar-refractivity contribution >= 4 is 10.8 Å². The van der Waals surface area contributed by atoms with Crippen molar-refractivity contribution in [1.29, 1.82) is 0 Å². The minimum atomic E-state index is -0.257. The molecule has 3 rings (SSSR count). The number of hydrogen-bond donors (Lipinski definition) is 1. The Morgan fingerprint density at radius 1 is 1.10 bits per heavy atom. The summed E-state index contributed by atoms with van der Waals surface area (Å²) in [4.78, 5) is 4.34. The second kappa shape index (κ2) is 5.38. The highest BCUT2D eigenvalue weighted by Gasteiger charge is 2.13. The van der Waals surface area contributed by atoms with Crippen molar-refractivity contribution < 1.29 is 8.91 Å². The third-order valence-electron chi connectivity index (χ3n) is 3.17. The summed E-state index contributed by atoms with van der Waals surface area (Å²) in [6, 6.07) is 10.3. The first kappa shape index (κ1) is 12.7. The lowest BCUT2D eigenvalue weighted by Gasteiger charge is -2.03. The van der Waals surface area contributed by atoms with Crippen molar-refractivity contribution in [3.05, 3.63) is 48.0 Å². The van der Waals surface area contributed by atoms with Crippen molar-refractivity contribution in [3.63, 3.8) is 0 Å². The molecule has 0 amide bonds. The molecule has 0 bridgehead atoms. The normalized spacial score (nSPS) is 11.1. The molecule has 1 aromatic heterocycles. The molecular formula is C15H14FN3O. The van der Waals surface area contributed by atoms with Crippen molar-refractivity contribution in [2.45, 2.75) is 12.8 Å². The van der Waals surface area contributed by atoms with E-state index in [0.717, 1.165) is 17.4 Å². The summed E-state index contributed by atoms with van der Waals surface area (Å²) in [5, 5.41) is 5.24. The Morgan fingerprint density at radius 2 is 1.90 bits per heavy atom. The van der Waals surface area contributed by atoms with Gasteiger partial charge < -0.3 is 10.3 Å². The van der Waals surface area contributed by atoms with Crippen LogP contribution in [0.3, 0.4) is 0 Å². The summed E-state index contributed by atoms with van der Waals surface area (Å²) in [7, 11) is 0. The van der Waals surface area contributed by atoms with Crippen LogP contribution in [-0.4, -0.2) is 16.7 Å². The van der Waals surface area contributed by atoms with Gasteiger partial charge in [0.05, 0.1) is 0 Å². The lowest BCUT2D eigenvalue weighted by molar-refractivity contribution is 0.422. The van der Waals surface area contributed by atoms with Crippen molar-refractivity contribution in [2.75, 3.05) is 6.54 Å². The molecule has 2 N–H and O–H groups in total. The van der Waals surface area contributed by atoms with E-state index >= 15 is 0 Å². The zero-order valence-electron chi connectivity index (χ0n) is 10.8. The maximum atomic E-state index is 13.8. The predicted octanol–water partition coefficient (Wildman–Crippen LogP) is 2.92. The van der Waals surface area contributed by atoms with Crippen LogP contribution < -0.4 is 5.73 Å². The molecule has 0 atom stereocenters. The number of hydrogen-bond acceptors (Lipinski definition) is 4. The van der Waals surface area contributed by atoms with Gasteiger partial charge in [-0.15, -0.1) is 0 Å². The summed E-state index contributed by atoms with van der Waals surface area (Å²) in [6.45, 7) is 0.587. The van der Waals surface area contributed by atoms with Gasteiger partial charge in [-0.25, -0.2) is 4.39 Å². The number of aryl methyl sites for hydroxylation is 1. The minimum Gasteiger partial charge on any atom is -0.334 e. The monoisotopic (exact) mass is 271 g/mol. The first-order valence-corrected chi connectivity index (χ1v) is 6.50. The van der Waals surface area contributed by atoms with Crippen LogP contribution in [0.1, 0.15) is 12.2 Å². The zero-order chi connectivity index (χ0) is 13.9. The molecule has 0 spiro atoms. The van der Waals surface area contributed by atoms with E-state index in [1.165, 1.54) is 6.07 Å². The van der Waals surface area contributed by atoms with Crippen LogP contribution in [0.2, 0.25) is 0 Å². The van der Waals surface area contributed by atoms with E-state index in [1.807, 2.05) is 12.1 Å². The molecule has 5 heteroatoms. The van der Waals surface area contributed by atoms with Gasteiger partial charge >= 0.3 is 0 Å². The van der Waals surface area contributed by atoms with Crippen LogP contribution in [0.25, 0.3) is 22.2 Å². The molecule has 4 nitrogen and oxygen atoms in total. The number of benzene rings is 2. The Hall–Kier alpha value is -2.27. The van der Waals surface area contributed by atoms with E-state index in [-0.39, 0.29) is 5.82 Å². The Bertz CT molecular complexity index is 739. The number of fused-ring (bicyclic) bond motifs is 1. The van der Waals surface area contributed by atoms with Crippen LogP contribution in [0.5, 0.6) is 0 Å². The molecule has 0 saturated carbocycles. The van der Waals surface area contributed by atoms with Gasteiger partial charge in [-0.2, -0.15) is 4.98 Å². The van der Waals surface area contributed by atoms with Gasteiger partial charge in [0.25, 0.3) is 5.89 Å². The molecule has 0 radical (unpaired) electrons. The van der Waals surface area contributed by atoms with Crippen molar-refractivity contribution in [2.24, 2.45) is 5.73 Å². The molecule has 1 heterocycles. The molecule has 3 aromatic rings. The van der Waals surface area contributed by atoms with Gasteiger partial charge in [0.2, 0.25) is 0 Å². The molecular weight excluding hydrogens is 257 g/mol. The van der Waals surface area contributed by atoms with Gasteiger partial charge in [0.1, 0.15) is 5.82 Å². The lowest BCUT2D eigenvalue weighted by atomic mass is 10.0. The number of halogens is 1. The molecule has 102 valence electrons. The summed E-state index contributed by atoms with van der Waals surface area (Å²) in [5.74, 6) is 0.777. The number of nitrogens with zero attached hydrogens (tertiary/aromatic N) is 2. The van der Waals surface area contributed by atoms with Gasteiger partial charge in [0, 0.05) is 17.4 Å². The Morgan fingerprint density at radius 3 is 2.70 bits per heavy atom. The second-order valence-corrected chi connectivity index (χ2v) is 4.55. The lowest BCUT2D eigenvalue weighted by Crippen LogP contribution is -2.01. The zero-order valence-corrected chi connectivity index (χ0v) is 10.8. The molecule has 2 aromatic carbocycles. The summed E-state index contributed by atoms with van der Waals surface area (Å²) in [5.41, 5.74) is 6.20. The van der Waals surface area contributed by atoms with Crippen LogP contribution in [0.15, 0.2) is 40.9 Å². The third kappa shape index (κ3) is 2.28. The maximum Gasteiger partial charge on any atom is 0.258 e. The molecule has 0 fully saturated rings. The van der Waals surface area contributed by atoms with Crippen LogP contribution in [0.4, 0.5) is 4.39 Å². The fraction of sp³-hybridized carbons (Fsp3) is 0.200. The smallest absolute Gasteiger partial charge is 0.258 e. The van der Waals surface area contributed by atoms with Gasteiger partial charge in [-0.05, 0) is 30.5 Å². The summed E-state index contributed by atoms with van der Waals surface area (Å²) < 4.78 is 19.0. The standard InChI is InChI=1S/C15H14FN3O/c16-13-8-7-12(10-4-1-2-5-11(10)13)15-18-14(19-20-15)6-3-9-17/h1-2,4-5,7-8H,3,6,9,17H2. The highest BCUT2D eigenvalue weighted by atomic mass is 19.1. The van der Waals surface area contributed by atoms with E-state index in [4.69, 9.17) is 10.3 Å². The topological polar surface area (TPSA) is 64.9 Å². The summed E-state index contributed by atoms with van der Waals surface area (Å²) >= 11 is 0. The van der Waals surface area contributed by atoms with Crippen molar-refractivity contribution in [3.8, 4) is 11.5 Å². The average Bonchev–Trinajstić information content (AvgIpc) is 2.94. The molecule has 0 aliphatic rings. The predicted molar refractivity (Wildman–Crippen MR) is 74.6 cm³/mol. The van der Waals surface area contributed by atoms with Gasteiger partial charge in [0.15, 0.2) is 5.82 Å². The van der Waals surface area contributed by atoms with Gasteiger partial charge in [-0.1, -0.05) is 29.4 Å². The number of nitrogens with two attached hydrogens (primary N) is 1.